The van der Waals surface area contributed by atoms with E-state index in [0.717, 1.165) is 44.6 Å². The van der Waals surface area contributed by atoms with E-state index in [4.69, 9.17) is 0 Å². The van der Waals surface area contributed by atoms with E-state index >= 15 is 0 Å². The van der Waals surface area contributed by atoms with Gasteiger partial charge in [-0.2, -0.15) is 0 Å². The highest BCUT2D eigenvalue weighted by molar-refractivity contribution is 7.90. The maximum absolute atomic E-state index is 13.0. The van der Waals surface area contributed by atoms with E-state index in [9.17, 15) is 8.42 Å². The Morgan fingerprint density at radius 3 is 2.38 bits per heavy atom. The lowest BCUT2D eigenvalue weighted by Crippen LogP contribution is -3.15. The molecule has 1 atom stereocenters. The summed E-state index contributed by atoms with van der Waals surface area (Å²) in [5, 5.41) is 12.2. The first-order chi connectivity index (χ1) is 15.5. The Bertz CT molecular complexity index is 1110. The van der Waals surface area contributed by atoms with Crippen LogP contribution in [0.5, 0.6) is 0 Å². The molecule has 4 rings (SSSR count). The molecule has 32 heavy (non-hydrogen) atoms. The van der Waals surface area contributed by atoms with Gasteiger partial charge in [0.25, 0.3) is 0 Å². The second-order valence-corrected chi connectivity index (χ2v) is 10.4. The molecule has 1 aliphatic heterocycles. The number of benzene rings is 2. The average molecular weight is 456 g/mol. The first-order valence-corrected chi connectivity index (χ1v) is 12.8. The minimum absolute atomic E-state index is 0.0705. The second-order valence-electron chi connectivity index (χ2n) is 8.42. The molecule has 170 valence electrons. The van der Waals surface area contributed by atoms with Crippen molar-refractivity contribution in [3.05, 3.63) is 66.0 Å². The van der Waals surface area contributed by atoms with Crippen LogP contribution in [0.25, 0.3) is 0 Å². The molecule has 2 heterocycles. The highest BCUT2D eigenvalue weighted by Crippen LogP contribution is 2.19. The molecule has 1 saturated heterocycles. The number of quaternary nitrogens is 1. The summed E-state index contributed by atoms with van der Waals surface area (Å²) in [4.78, 5) is 4.10. The van der Waals surface area contributed by atoms with Crippen LogP contribution >= 0.6 is 0 Å². The number of rotatable bonds is 8. The van der Waals surface area contributed by atoms with Crippen molar-refractivity contribution < 1.29 is 13.3 Å². The fourth-order valence-electron chi connectivity index (χ4n) is 4.38. The predicted octanol–water partition coefficient (Wildman–Crippen LogP) is 1.66. The molecule has 0 unspecified atom stereocenters. The van der Waals surface area contributed by atoms with E-state index in [0.29, 0.717) is 10.7 Å². The Hall–Kier alpha value is -2.78. The van der Waals surface area contributed by atoms with Gasteiger partial charge in [0.1, 0.15) is 6.04 Å². The van der Waals surface area contributed by atoms with Gasteiger partial charge in [0.15, 0.2) is 15.7 Å². The third kappa shape index (κ3) is 4.99. The number of nitrogens with one attached hydrogen (secondary N) is 1. The summed E-state index contributed by atoms with van der Waals surface area (Å²) in [6.45, 7) is 7.88. The Kier molecular flexibility index (Phi) is 6.86. The standard InChI is InChI=1S/C23H30N6O2S/c1-3-7-22(28-16-14-27(15-17-28)20-8-5-4-6-9-20)23-24-25-26-29(23)18-32(30,31)21-12-10-19(2)11-13-21/h4-6,8-13,22H,3,7,14-18H2,1-2H3/p+1/t22-/m1/s1. The van der Waals surface area contributed by atoms with E-state index in [1.165, 1.54) is 15.3 Å². The molecule has 1 fully saturated rings. The number of hydrogen-bond donors (Lipinski definition) is 1. The van der Waals surface area contributed by atoms with Crippen molar-refractivity contribution in [1.29, 1.82) is 0 Å². The van der Waals surface area contributed by atoms with Gasteiger partial charge >= 0.3 is 0 Å². The Labute approximate surface area is 189 Å². The SMILES string of the molecule is CCC[C@H](c1nnnn1CS(=O)(=O)c1ccc(C)cc1)[NH+]1CCN(c2ccccc2)CC1. The predicted molar refractivity (Wildman–Crippen MR) is 123 cm³/mol. The third-order valence-corrected chi connectivity index (χ3v) is 7.72. The summed E-state index contributed by atoms with van der Waals surface area (Å²) in [5.74, 6) is 0.410. The van der Waals surface area contributed by atoms with Crippen LogP contribution in [0, 0.1) is 6.92 Å². The first kappa shape index (κ1) is 22.4. The van der Waals surface area contributed by atoms with Gasteiger partial charge in [0.2, 0.25) is 5.82 Å². The number of tetrazole rings is 1. The largest absolute Gasteiger partial charge is 0.360 e. The van der Waals surface area contributed by atoms with Crippen LogP contribution in [0.15, 0.2) is 59.5 Å². The maximum Gasteiger partial charge on any atom is 0.210 e. The van der Waals surface area contributed by atoms with E-state index in [2.05, 4.69) is 51.6 Å². The van der Waals surface area contributed by atoms with E-state index < -0.39 is 9.84 Å². The number of piperazine rings is 1. The summed E-state index contributed by atoms with van der Waals surface area (Å²) < 4.78 is 27.5. The fourth-order valence-corrected chi connectivity index (χ4v) is 5.58. The zero-order chi connectivity index (χ0) is 22.6. The number of para-hydroxylation sites is 1. The van der Waals surface area contributed by atoms with Crippen molar-refractivity contribution >= 4 is 15.5 Å². The van der Waals surface area contributed by atoms with Crippen molar-refractivity contribution in [2.75, 3.05) is 31.1 Å². The third-order valence-electron chi connectivity index (χ3n) is 6.14. The lowest BCUT2D eigenvalue weighted by atomic mass is 10.1. The van der Waals surface area contributed by atoms with Gasteiger partial charge in [-0.15, -0.1) is 5.10 Å². The van der Waals surface area contributed by atoms with E-state index in [-0.39, 0.29) is 11.9 Å². The Morgan fingerprint density at radius 1 is 1.03 bits per heavy atom. The molecule has 0 amide bonds. The molecule has 0 bridgehead atoms. The minimum Gasteiger partial charge on any atom is -0.360 e. The van der Waals surface area contributed by atoms with Gasteiger partial charge in [-0.05, 0) is 41.6 Å². The smallest absolute Gasteiger partial charge is 0.210 e. The van der Waals surface area contributed by atoms with Gasteiger partial charge in [-0.3, -0.25) is 0 Å². The summed E-state index contributed by atoms with van der Waals surface area (Å²) in [6.07, 6.45) is 1.89. The zero-order valence-electron chi connectivity index (χ0n) is 18.7. The van der Waals surface area contributed by atoms with Crippen LogP contribution in [0.3, 0.4) is 0 Å². The van der Waals surface area contributed by atoms with Crippen molar-refractivity contribution in [3.8, 4) is 0 Å². The van der Waals surface area contributed by atoms with Gasteiger partial charge in [0.05, 0.1) is 31.1 Å². The average Bonchev–Trinajstić information content (AvgIpc) is 3.25. The molecule has 0 radical (unpaired) electrons. The summed E-state index contributed by atoms with van der Waals surface area (Å²) in [5.41, 5.74) is 2.26. The van der Waals surface area contributed by atoms with Gasteiger partial charge in [-0.1, -0.05) is 49.2 Å². The lowest BCUT2D eigenvalue weighted by molar-refractivity contribution is -0.933. The van der Waals surface area contributed by atoms with Gasteiger partial charge < -0.3 is 9.80 Å². The highest BCUT2D eigenvalue weighted by atomic mass is 32.2. The quantitative estimate of drug-likeness (QED) is 0.556. The molecule has 0 saturated carbocycles. The van der Waals surface area contributed by atoms with E-state index in [1.807, 2.05) is 25.1 Å². The molecular weight excluding hydrogens is 424 g/mol. The highest BCUT2D eigenvalue weighted by Gasteiger charge is 2.33. The number of sulfone groups is 1. The number of aromatic nitrogens is 4. The van der Waals surface area contributed by atoms with E-state index in [1.54, 1.807) is 12.1 Å². The number of nitrogens with zero attached hydrogens (tertiary/aromatic N) is 5. The monoisotopic (exact) mass is 455 g/mol. The first-order valence-electron chi connectivity index (χ1n) is 11.2. The maximum atomic E-state index is 13.0. The number of anilines is 1. The number of hydrogen-bond acceptors (Lipinski definition) is 6. The molecule has 0 aliphatic carbocycles. The summed E-state index contributed by atoms with van der Waals surface area (Å²) >= 11 is 0. The molecular formula is C23H31N6O2S+. The van der Waals surface area contributed by atoms with Gasteiger partial charge in [-0.25, -0.2) is 13.1 Å². The molecule has 9 heteroatoms. The van der Waals surface area contributed by atoms with Crippen LogP contribution in [-0.2, 0) is 15.7 Å². The molecule has 0 spiro atoms. The van der Waals surface area contributed by atoms with Crippen molar-refractivity contribution in [3.63, 3.8) is 0 Å². The van der Waals surface area contributed by atoms with Crippen LogP contribution in [0.1, 0.15) is 37.2 Å². The topological polar surface area (TPSA) is 85.4 Å². The van der Waals surface area contributed by atoms with Gasteiger partial charge in [0, 0.05) is 12.1 Å². The fraction of sp³-hybridized carbons (Fsp3) is 0.435. The zero-order valence-corrected chi connectivity index (χ0v) is 19.5. The second kappa shape index (κ2) is 9.79. The normalized spacial score (nSPS) is 16.2. The van der Waals surface area contributed by atoms with Crippen LogP contribution in [-0.4, -0.2) is 54.8 Å². The Balaban J connectivity index is 1.50. The molecule has 1 aromatic heterocycles. The summed E-state index contributed by atoms with van der Waals surface area (Å²) in [7, 11) is -3.54. The molecule has 1 aliphatic rings. The van der Waals surface area contributed by atoms with Crippen LogP contribution in [0.2, 0.25) is 0 Å². The lowest BCUT2D eigenvalue weighted by Gasteiger charge is -2.37. The Morgan fingerprint density at radius 2 is 1.72 bits per heavy atom. The molecule has 8 nitrogen and oxygen atoms in total. The molecule has 1 N–H and O–H groups in total. The molecule has 3 aromatic rings. The van der Waals surface area contributed by atoms with Crippen LogP contribution in [0.4, 0.5) is 5.69 Å². The molecule has 2 aromatic carbocycles. The van der Waals surface area contributed by atoms with Crippen LogP contribution < -0.4 is 9.80 Å². The van der Waals surface area contributed by atoms with Crippen molar-refractivity contribution in [2.45, 2.75) is 43.5 Å². The summed E-state index contributed by atoms with van der Waals surface area (Å²) in [6, 6.07) is 17.4. The van der Waals surface area contributed by atoms with Crippen molar-refractivity contribution in [1.82, 2.24) is 20.2 Å². The van der Waals surface area contributed by atoms with Crippen molar-refractivity contribution in [2.24, 2.45) is 0 Å². The minimum atomic E-state index is -3.54. The number of aryl methyl sites for hydroxylation is 1.